The van der Waals surface area contributed by atoms with Gasteiger partial charge in [0.05, 0.1) is 6.61 Å². The molecular formula is C20H34O2Si2. The fourth-order valence-electron chi connectivity index (χ4n) is 2.45. The molecule has 4 heteroatoms. The molecule has 134 valence electrons. The molecule has 0 aliphatic rings. The van der Waals surface area contributed by atoms with Crippen molar-refractivity contribution >= 4 is 27.4 Å². The van der Waals surface area contributed by atoms with E-state index in [-0.39, 0.29) is 17.4 Å². The maximum Gasteiger partial charge on any atom is 0.193 e. The minimum absolute atomic E-state index is 0.0756. The Balaban J connectivity index is 2.70. The highest BCUT2D eigenvalue weighted by molar-refractivity contribution is 6.94. The summed E-state index contributed by atoms with van der Waals surface area (Å²) in [5.41, 5.74) is 2.12. The Morgan fingerprint density at radius 3 is 2.17 bits per heavy atom. The van der Waals surface area contributed by atoms with Crippen molar-refractivity contribution in [1.82, 2.24) is 0 Å². The predicted octanol–water partition coefficient (Wildman–Crippen LogP) is 4.92. The fraction of sp³-hybridized carbons (Fsp3) is 0.550. The molecule has 1 rings (SSSR count). The smallest absolute Gasteiger partial charge is 0.193 e. The Bertz CT molecular complexity index is 573. The molecule has 24 heavy (non-hydrogen) atoms. The van der Waals surface area contributed by atoms with Gasteiger partial charge in [0.25, 0.3) is 0 Å². The van der Waals surface area contributed by atoms with E-state index in [4.69, 9.17) is 4.43 Å². The van der Waals surface area contributed by atoms with Gasteiger partial charge in [0.1, 0.15) is 8.07 Å². The van der Waals surface area contributed by atoms with Crippen molar-refractivity contribution in [2.45, 2.75) is 58.9 Å². The lowest BCUT2D eigenvalue weighted by atomic mass is 9.99. The highest BCUT2D eigenvalue weighted by Crippen LogP contribution is 2.44. The summed E-state index contributed by atoms with van der Waals surface area (Å²) in [5.74, 6) is 0.612. The summed E-state index contributed by atoms with van der Waals surface area (Å²) >= 11 is 0. The van der Waals surface area contributed by atoms with Crippen LogP contribution in [-0.2, 0) is 9.22 Å². The first-order chi connectivity index (χ1) is 10.9. The Hall–Kier alpha value is -0.976. The van der Waals surface area contributed by atoms with Gasteiger partial charge in [-0.05, 0) is 30.1 Å². The van der Waals surface area contributed by atoms with E-state index in [9.17, 15) is 4.79 Å². The zero-order valence-electron chi connectivity index (χ0n) is 16.6. The molecule has 0 radical (unpaired) electrons. The molecule has 0 aliphatic carbocycles. The first-order valence-electron chi connectivity index (χ1n) is 8.82. The normalized spacial score (nSPS) is 13.7. The Morgan fingerprint density at radius 1 is 1.12 bits per heavy atom. The maximum absolute atomic E-state index is 12.3. The zero-order valence-corrected chi connectivity index (χ0v) is 18.6. The van der Waals surface area contributed by atoms with Crippen LogP contribution in [0.1, 0.15) is 27.7 Å². The highest BCUT2D eigenvalue weighted by Gasteiger charge is 2.43. The van der Waals surface area contributed by atoms with Crippen LogP contribution in [0.5, 0.6) is 0 Å². The molecule has 1 aromatic carbocycles. The third-order valence-corrected chi connectivity index (χ3v) is 13.1. The molecule has 0 saturated carbocycles. The molecule has 0 heterocycles. The molecule has 0 spiro atoms. The van der Waals surface area contributed by atoms with Gasteiger partial charge in [0.15, 0.2) is 14.1 Å². The summed E-state index contributed by atoms with van der Waals surface area (Å²) in [5, 5.41) is 1.47. The van der Waals surface area contributed by atoms with Crippen LogP contribution in [0.15, 0.2) is 42.1 Å². The van der Waals surface area contributed by atoms with Gasteiger partial charge in [-0.2, -0.15) is 0 Å². The number of ketones is 1. The summed E-state index contributed by atoms with van der Waals surface area (Å²) in [6.07, 6.45) is 1.74. The van der Waals surface area contributed by atoms with Crippen molar-refractivity contribution in [3.05, 3.63) is 42.1 Å². The van der Waals surface area contributed by atoms with E-state index in [0.717, 1.165) is 0 Å². The molecule has 0 atom stereocenters. The number of carbonyl (C=O) groups excluding carboxylic acids is 1. The number of carbonyl (C=O) groups is 1. The van der Waals surface area contributed by atoms with Crippen LogP contribution in [0.2, 0.25) is 31.2 Å². The second-order valence-electron chi connectivity index (χ2n) is 8.56. The summed E-state index contributed by atoms with van der Waals surface area (Å²) < 4.78 is 6.14. The molecule has 0 N–H and O–H groups in total. The summed E-state index contributed by atoms with van der Waals surface area (Å²) in [4.78, 5) is 12.3. The van der Waals surface area contributed by atoms with Gasteiger partial charge in [-0.1, -0.05) is 82.0 Å². The zero-order chi connectivity index (χ0) is 18.6. The van der Waals surface area contributed by atoms with Crippen LogP contribution < -0.4 is 5.19 Å². The van der Waals surface area contributed by atoms with Crippen LogP contribution in [0.4, 0.5) is 0 Å². The maximum atomic E-state index is 12.3. The molecular weight excluding hydrogens is 328 g/mol. The van der Waals surface area contributed by atoms with Gasteiger partial charge in [-0.3, -0.25) is 4.79 Å². The third-order valence-electron chi connectivity index (χ3n) is 5.77. The first-order valence-corrected chi connectivity index (χ1v) is 14.8. The topological polar surface area (TPSA) is 26.3 Å². The third kappa shape index (κ3) is 5.26. The van der Waals surface area contributed by atoms with E-state index in [2.05, 4.69) is 83.8 Å². The van der Waals surface area contributed by atoms with E-state index >= 15 is 0 Å². The summed E-state index contributed by atoms with van der Waals surface area (Å²) in [6.45, 7) is 18.1. The molecule has 0 amide bonds. The lowest BCUT2D eigenvalue weighted by Crippen LogP contribution is -2.46. The van der Waals surface area contributed by atoms with Gasteiger partial charge in [-0.15, -0.1) is 0 Å². The second-order valence-corrected chi connectivity index (χ2v) is 17.5. The van der Waals surface area contributed by atoms with Crippen LogP contribution >= 0.6 is 0 Å². The fourth-order valence-corrected chi connectivity index (χ4v) is 6.56. The van der Waals surface area contributed by atoms with E-state index in [1.54, 1.807) is 6.08 Å². The van der Waals surface area contributed by atoms with Crippen LogP contribution in [0.25, 0.3) is 0 Å². The molecule has 0 fully saturated rings. The highest BCUT2D eigenvalue weighted by atomic mass is 28.4. The Morgan fingerprint density at radius 2 is 1.67 bits per heavy atom. The quantitative estimate of drug-likeness (QED) is 0.484. The largest absolute Gasteiger partial charge is 0.409 e. The molecule has 0 unspecified atom stereocenters. The Kier molecular flexibility index (Phi) is 6.97. The SMILES string of the molecule is CC(C)C(C)(C)[Si](C)(C)OCC(=O)/C=C\[Si](C)(C)c1ccccc1. The second kappa shape index (κ2) is 7.94. The van der Waals surface area contributed by atoms with Crippen molar-refractivity contribution in [2.75, 3.05) is 6.61 Å². The lowest BCUT2D eigenvalue weighted by molar-refractivity contribution is -0.116. The Labute approximate surface area is 150 Å². The standard InChI is InChI=1S/C20H34O2Si2/c1-17(2)20(3,4)24(7,8)22-16-18(21)14-15-23(5,6)19-12-10-9-11-13-19/h9-15,17H,16H2,1-8H3/b15-14-. The first kappa shape index (κ1) is 21.1. The molecule has 0 aliphatic heterocycles. The minimum atomic E-state index is -1.94. The van der Waals surface area contributed by atoms with E-state index in [1.807, 2.05) is 6.07 Å². The van der Waals surface area contributed by atoms with Crippen LogP contribution in [0.3, 0.4) is 0 Å². The molecule has 1 aromatic rings. The van der Waals surface area contributed by atoms with E-state index in [1.165, 1.54) is 5.19 Å². The van der Waals surface area contributed by atoms with Gasteiger partial charge in [-0.25, -0.2) is 0 Å². The monoisotopic (exact) mass is 362 g/mol. The number of rotatable bonds is 8. The molecule has 0 saturated heterocycles. The van der Waals surface area contributed by atoms with Crippen molar-refractivity contribution in [3.63, 3.8) is 0 Å². The lowest BCUT2D eigenvalue weighted by Gasteiger charge is -2.42. The number of hydrogen-bond acceptors (Lipinski definition) is 2. The van der Waals surface area contributed by atoms with Crippen molar-refractivity contribution in [2.24, 2.45) is 5.92 Å². The van der Waals surface area contributed by atoms with Gasteiger partial charge in [0.2, 0.25) is 0 Å². The van der Waals surface area contributed by atoms with Gasteiger partial charge in [0, 0.05) is 0 Å². The van der Waals surface area contributed by atoms with Crippen molar-refractivity contribution < 1.29 is 9.22 Å². The van der Waals surface area contributed by atoms with E-state index < -0.39 is 16.4 Å². The average Bonchev–Trinajstić information content (AvgIpc) is 2.51. The minimum Gasteiger partial charge on any atom is -0.409 e. The van der Waals surface area contributed by atoms with Gasteiger partial charge >= 0.3 is 0 Å². The van der Waals surface area contributed by atoms with Crippen molar-refractivity contribution in [3.8, 4) is 0 Å². The summed E-state index contributed by atoms with van der Waals surface area (Å²) in [6, 6.07) is 10.5. The van der Waals surface area contributed by atoms with E-state index in [0.29, 0.717) is 5.92 Å². The van der Waals surface area contributed by atoms with Crippen molar-refractivity contribution in [1.29, 1.82) is 0 Å². The average molecular weight is 363 g/mol. The summed E-state index contributed by atoms with van der Waals surface area (Å²) in [7, 11) is -3.66. The molecule has 0 aromatic heterocycles. The molecule has 2 nitrogen and oxygen atoms in total. The number of hydrogen-bond donors (Lipinski definition) is 0. The van der Waals surface area contributed by atoms with Crippen LogP contribution in [0, 0.1) is 5.92 Å². The predicted molar refractivity (Wildman–Crippen MR) is 110 cm³/mol. The number of benzene rings is 1. The molecule has 0 bridgehead atoms. The van der Waals surface area contributed by atoms with Crippen LogP contribution in [-0.4, -0.2) is 28.8 Å². The van der Waals surface area contributed by atoms with Gasteiger partial charge < -0.3 is 4.43 Å².